The molecule has 4 rings (SSSR count). The van der Waals surface area contributed by atoms with Crippen molar-refractivity contribution in [2.75, 3.05) is 19.3 Å². The Morgan fingerprint density at radius 1 is 1.21 bits per heavy atom. The van der Waals surface area contributed by atoms with Gasteiger partial charge in [0.15, 0.2) is 11.6 Å². The van der Waals surface area contributed by atoms with Crippen molar-refractivity contribution < 1.29 is 17.9 Å². The first-order valence-corrected chi connectivity index (χ1v) is 8.94. The van der Waals surface area contributed by atoms with Crippen LogP contribution in [0.15, 0.2) is 30.7 Å². The third kappa shape index (κ3) is 3.88. The van der Waals surface area contributed by atoms with Crippen LogP contribution in [0.5, 0.6) is 11.6 Å². The maximum Gasteiger partial charge on any atom is 0.504 e. The Morgan fingerprint density at radius 2 is 2.00 bits per heavy atom. The average molecular weight is 404 g/mol. The number of halogens is 3. The van der Waals surface area contributed by atoms with E-state index in [1.165, 1.54) is 17.3 Å². The highest BCUT2D eigenvalue weighted by molar-refractivity contribution is 5.64. The first-order chi connectivity index (χ1) is 13.7. The van der Waals surface area contributed by atoms with E-state index in [-0.39, 0.29) is 22.1 Å². The van der Waals surface area contributed by atoms with Crippen molar-refractivity contribution in [3.8, 4) is 22.9 Å². The molecule has 1 aliphatic rings. The van der Waals surface area contributed by atoms with E-state index in [2.05, 4.69) is 40.0 Å². The van der Waals surface area contributed by atoms with Gasteiger partial charge in [-0.1, -0.05) is 0 Å². The summed E-state index contributed by atoms with van der Waals surface area (Å²) < 4.78 is 43.4. The molecule has 10 heteroatoms. The van der Waals surface area contributed by atoms with E-state index < -0.39 is 6.30 Å². The van der Waals surface area contributed by atoms with Gasteiger partial charge in [-0.2, -0.15) is 9.78 Å². The maximum absolute atomic E-state index is 12.7. The van der Waals surface area contributed by atoms with Gasteiger partial charge >= 0.3 is 6.30 Å². The Kier molecular flexibility index (Phi) is 4.65. The van der Waals surface area contributed by atoms with Gasteiger partial charge in [-0.25, -0.2) is 9.97 Å². The first kappa shape index (κ1) is 19.2. The lowest BCUT2D eigenvalue weighted by molar-refractivity contribution is -0.212. The summed E-state index contributed by atoms with van der Waals surface area (Å²) in [5.74, 6) is -0.233. The topological polar surface area (TPSA) is 82.1 Å². The largest absolute Gasteiger partial charge is 0.504 e. The standard InChI is InChI=1S/C19H19F3N6O/c1-11-5-12(6-13-9-27(2)4-3-15(11)13)16-8-24-17(23)18(26-16)29-14-7-25-28(10-14)19(20,21)22/h5-8,10H,3-4,9H2,1-2H3,(H2,23,24). The zero-order valence-electron chi connectivity index (χ0n) is 15.9. The lowest BCUT2D eigenvalue weighted by Crippen LogP contribution is -2.27. The van der Waals surface area contributed by atoms with E-state index >= 15 is 0 Å². The van der Waals surface area contributed by atoms with Crippen molar-refractivity contribution in [3.05, 3.63) is 47.4 Å². The number of benzene rings is 1. The smallest absolute Gasteiger partial charge is 0.433 e. The van der Waals surface area contributed by atoms with Crippen LogP contribution in [0.25, 0.3) is 11.3 Å². The van der Waals surface area contributed by atoms with Gasteiger partial charge in [0, 0.05) is 18.7 Å². The van der Waals surface area contributed by atoms with Gasteiger partial charge in [0.25, 0.3) is 5.88 Å². The van der Waals surface area contributed by atoms with E-state index in [1.807, 2.05) is 6.07 Å². The van der Waals surface area contributed by atoms with E-state index in [1.54, 1.807) is 0 Å². The molecule has 0 aliphatic carbocycles. The molecular weight excluding hydrogens is 385 g/mol. The Morgan fingerprint density at radius 3 is 2.72 bits per heavy atom. The van der Waals surface area contributed by atoms with E-state index in [4.69, 9.17) is 10.5 Å². The molecule has 0 fully saturated rings. The molecule has 2 N–H and O–H groups in total. The van der Waals surface area contributed by atoms with Gasteiger partial charge in [-0.3, -0.25) is 0 Å². The number of anilines is 1. The van der Waals surface area contributed by atoms with Gasteiger partial charge in [0.05, 0.1) is 24.3 Å². The zero-order valence-corrected chi connectivity index (χ0v) is 15.9. The molecule has 0 bridgehead atoms. The summed E-state index contributed by atoms with van der Waals surface area (Å²) in [5, 5.41) is 3.23. The molecule has 0 saturated carbocycles. The number of alkyl halides is 3. The van der Waals surface area contributed by atoms with Crippen LogP contribution >= 0.6 is 0 Å². The Balaban J connectivity index is 1.66. The average Bonchev–Trinajstić information content (AvgIpc) is 3.12. The van der Waals surface area contributed by atoms with Crippen molar-refractivity contribution >= 4 is 5.82 Å². The summed E-state index contributed by atoms with van der Waals surface area (Å²) in [6.07, 6.45) is -0.459. The molecule has 1 aromatic carbocycles. The summed E-state index contributed by atoms with van der Waals surface area (Å²) >= 11 is 0. The summed E-state index contributed by atoms with van der Waals surface area (Å²) in [6.45, 7) is 3.91. The second-order valence-corrected chi connectivity index (χ2v) is 7.05. The minimum Gasteiger partial charge on any atom is -0.433 e. The normalized spacial score (nSPS) is 14.7. The minimum atomic E-state index is -4.63. The van der Waals surface area contributed by atoms with Gasteiger partial charge in [-0.05, 0) is 49.2 Å². The second kappa shape index (κ2) is 7.03. The molecular formula is C19H19F3N6O. The van der Waals surface area contributed by atoms with Crippen LogP contribution in [0, 0.1) is 6.92 Å². The first-order valence-electron chi connectivity index (χ1n) is 8.94. The highest BCUT2D eigenvalue weighted by Crippen LogP contribution is 2.32. The van der Waals surface area contributed by atoms with Gasteiger partial charge in [0.2, 0.25) is 0 Å². The summed E-state index contributed by atoms with van der Waals surface area (Å²) in [4.78, 5) is 10.7. The predicted molar refractivity (Wildman–Crippen MR) is 100 cm³/mol. The molecule has 0 amide bonds. The number of aromatic nitrogens is 4. The lowest BCUT2D eigenvalue weighted by Gasteiger charge is -2.27. The fourth-order valence-corrected chi connectivity index (χ4v) is 3.41. The van der Waals surface area contributed by atoms with Crippen molar-refractivity contribution in [3.63, 3.8) is 0 Å². The van der Waals surface area contributed by atoms with E-state index in [0.717, 1.165) is 36.8 Å². The number of hydrogen-bond acceptors (Lipinski definition) is 6. The quantitative estimate of drug-likeness (QED) is 0.720. The van der Waals surface area contributed by atoms with Crippen LogP contribution in [0.4, 0.5) is 19.0 Å². The van der Waals surface area contributed by atoms with E-state index in [9.17, 15) is 13.2 Å². The zero-order chi connectivity index (χ0) is 20.8. The molecule has 1 aliphatic heterocycles. The molecule has 2 aromatic heterocycles. The number of nitrogen functional groups attached to an aromatic ring is 1. The fraction of sp³-hybridized carbons (Fsp3) is 0.316. The van der Waals surface area contributed by atoms with Crippen LogP contribution in [-0.4, -0.2) is 38.2 Å². The van der Waals surface area contributed by atoms with Crippen LogP contribution in [0.2, 0.25) is 0 Å². The Hall–Kier alpha value is -3.14. The molecule has 0 spiro atoms. The number of likely N-dealkylation sites (N-methyl/N-ethyl adjacent to an activating group) is 1. The number of rotatable bonds is 3. The third-order valence-corrected chi connectivity index (χ3v) is 4.85. The molecule has 29 heavy (non-hydrogen) atoms. The fourth-order valence-electron chi connectivity index (χ4n) is 3.41. The van der Waals surface area contributed by atoms with Gasteiger partial charge in [-0.15, -0.1) is 13.2 Å². The lowest BCUT2D eigenvalue weighted by atomic mass is 9.92. The Bertz CT molecular complexity index is 1060. The number of nitrogens with two attached hydrogens (primary N) is 1. The number of nitrogens with zero attached hydrogens (tertiary/aromatic N) is 5. The van der Waals surface area contributed by atoms with Gasteiger partial charge < -0.3 is 15.4 Å². The number of hydrogen-bond donors (Lipinski definition) is 1. The highest BCUT2D eigenvalue weighted by Gasteiger charge is 2.32. The minimum absolute atomic E-state index is 0.0251. The molecule has 0 radical (unpaired) electrons. The van der Waals surface area contributed by atoms with Crippen LogP contribution in [0.1, 0.15) is 16.7 Å². The summed E-state index contributed by atoms with van der Waals surface area (Å²) in [7, 11) is 2.07. The molecule has 7 nitrogen and oxygen atoms in total. The summed E-state index contributed by atoms with van der Waals surface area (Å²) in [6, 6.07) is 4.08. The monoisotopic (exact) mass is 404 g/mol. The number of ether oxygens (including phenoxy) is 1. The molecule has 3 aromatic rings. The molecule has 3 heterocycles. The molecule has 0 atom stereocenters. The highest BCUT2D eigenvalue weighted by atomic mass is 19.4. The van der Waals surface area contributed by atoms with Crippen molar-refractivity contribution in [1.29, 1.82) is 0 Å². The molecule has 0 unspecified atom stereocenters. The third-order valence-electron chi connectivity index (χ3n) is 4.85. The van der Waals surface area contributed by atoms with Crippen LogP contribution < -0.4 is 10.5 Å². The Labute approximate surface area is 164 Å². The number of aryl methyl sites for hydroxylation is 1. The van der Waals surface area contributed by atoms with Crippen LogP contribution in [0.3, 0.4) is 0 Å². The van der Waals surface area contributed by atoms with Crippen molar-refractivity contribution in [1.82, 2.24) is 24.6 Å². The van der Waals surface area contributed by atoms with Crippen LogP contribution in [-0.2, 0) is 19.3 Å². The van der Waals surface area contributed by atoms with Crippen molar-refractivity contribution in [2.24, 2.45) is 0 Å². The molecule has 0 saturated heterocycles. The predicted octanol–water partition coefficient (Wildman–Crippen LogP) is 3.49. The second-order valence-electron chi connectivity index (χ2n) is 7.05. The van der Waals surface area contributed by atoms with E-state index in [0.29, 0.717) is 11.9 Å². The SMILES string of the molecule is Cc1cc(-c2cnc(N)c(Oc3cnn(C(F)(F)F)c3)n2)cc2c1CCN(C)C2. The summed E-state index contributed by atoms with van der Waals surface area (Å²) in [5.41, 5.74) is 10.9. The van der Waals surface area contributed by atoms with Crippen molar-refractivity contribution in [2.45, 2.75) is 26.2 Å². The number of fused-ring (bicyclic) bond motifs is 1. The molecule has 152 valence electrons. The maximum atomic E-state index is 12.7. The van der Waals surface area contributed by atoms with Gasteiger partial charge in [0.1, 0.15) is 0 Å².